The Kier molecular flexibility index (Phi) is 20.4. The van der Waals surface area contributed by atoms with E-state index in [9.17, 15) is 0 Å². The highest BCUT2D eigenvalue weighted by atomic mass is 32.1. The van der Waals surface area contributed by atoms with E-state index in [1.165, 1.54) is 77.0 Å². The molecule has 128 valence electrons. The molecule has 0 atom stereocenters. The fraction of sp³-hybridized carbons (Fsp3) is 0.941. The van der Waals surface area contributed by atoms with Crippen molar-refractivity contribution in [3.63, 3.8) is 0 Å². The highest BCUT2D eigenvalue weighted by molar-refractivity contribution is 8.10. The normalized spacial score (nSPS) is 10.2. The number of nitrogens with zero attached hydrogens (tertiary/aromatic N) is 1. The molecule has 0 aliphatic heterocycles. The van der Waals surface area contributed by atoms with Crippen LogP contribution in [0.15, 0.2) is 0 Å². The fourth-order valence-electron chi connectivity index (χ4n) is 2.47. The molecule has 0 amide bonds. The van der Waals surface area contributed by atoms with E-state index < -0.39 is 0 Å². The van der Waals surface area contributed by atoms with E-state index >= 15 is 0 Å². The molecule has 0 radical (unpaired) electrons. The summed E-state index contributed by atoms with van der Waals surface area (Å²) in [5.41, 5.74) is 0. The van der Waals surface area contributed by atoms with Crippen LogP contribution in [0, 0.1) is 0 Å². The largest absolute Gasteiger partial charge is 0.412 e. The zero-order valence-corrected chi connectivity index (χ0v) is 15.9. The summed E-state index contributed by atoms with van der Waals surface area (Å²) in [5, 5.41) is 0. The number of thiocarbonyl (C=S) groups is 1. The van der Waals surface area contributed by atoms with Crippen LogP contribution in [-0.2, 0) is 0 Å². The second-order valence-electron chi connectivity index (χ2n) is 5.81. The minimum atomic E-state index is 0. The Morgan fingerprint density at radius 3 is 1.38 bits per heavy atom. The minimum absolute atomic E-state index is 0. The number of hydrogen-bond donors (Lipinski definition) is 1. The van der Waals surface area contributed by atoms with Crippen LogP contribution in [0.4, 0.5) is 0 Å². The predicted molar refractivity (Wildman–Crippen MR) is 104 cm³/mol. The Hall–Kier alpha value is 0.200. The molecule has 0 aliphatic carbocycles. The summed E-state index contributed by atoms with van der Waals surface area (Å²) in [6.07, 6.45) is 16.1. The minimum Gasteiger partial charge on any atom is -0.412 e. The lowest BCUT2D eigenvalue weighted by molar-refractivity contribution is 0.395. The van der Waals surface area contributed by atoms with Crippen molar-refractivity contribution in [2.75, 3.05) is 13.1 Å². The average molecular weight is 336 g/mol. The molecule has 0 aliphatic rings. The predicted octanol–water partition coefficient (Wildman–Crippen LogP) is 5.40. The van der Waals surface area contributed by atoms with Gasteiger partial charge in [-0.25, -0.2) is 0 Å². The highest BCUT2D eigenvalue weighted by Gasteiger charge is 2.05. The van der Waals surface area contributed by atoms with E-state index in [1.807, 2.05) is 0 Å². The van der Waals surface area contributed by atoms with Crippen molar-refractivity contribution < 1.29 is 5.48 Å². The highest BCUT2D eigenvalue weighted by Crippen LogP contribution is 2.10. The van der Waals surface area contributed by atoms with Gasteiger partial charge in [-0.3, -0.25) is 0 Å². The van der Waals surface area contributed by atoms with Crippen LogP contribution in [0.1, 0.15) is 90.9 Å². The van der Waals surface area contributed by atoms with Crippen LogP contribution < -0.4 is 0 Å². The van der Waals surface area contributed by atoms with Gasteiger partial charge in [-0.1, -0.05) is 90.3 Å². The van der Waals surface area contributed by atoms with Gasteiger partial charge in [0.1, 0.15) is 4.32 Å². The van der Waals surface area contributed by atoms with Crippen LogP contribution in [0.5, 0.6) is 0 Å². The number of thiol groups is 1. The molecule has 0 rings (SSSR count). The SMILES string of the molecule is CCCCCCCCN(CCCCCCCC)C(=S)S.O. The van der Waals surface area contributed by atoms with E-state index in [-0.39, 0.29) is 5.48 Å². The third-order valence-electron chi connectivity index (χ3n) is 3.83. The Bertz CT molecular complexity index is 209. The molecular formula is C17H37NOS2. The second kappa shape index (κ2) is 18.2. The molecule has 21 heavy (non-hydrogen) atoms. The molecule has 0 aromatic heterocycles. The lowest BCUT2D eigenvalue weighted by atomic mass is 10.1. The van der Waals surface area contributed by atoms with Crippen LogP contribution in [0.2, 0.25) is 0 Å². The van der Waals surface area contributed by atoms with E-state index in [2.05, 4.69) is 31.4 Å². The van der Waals surface area contributed by atoms with Gasteiger partial charge in [-0.15, -0.1) is 12.6 Å². The van der Waals surface area contributed by atoms with Crippen molar-refractivity contribution in [3.8, 4) is 0 Å². The lowest BCUT2D eigenvalue weighted by Gasteiger charge is -2.22. The first-order chi connectivity index (χ1) is 9.72. The molecule has 0 saturated heterocycles. The third-order valence-corrected chi connectivity index (χ3v) is 4.37. The molecular weight excluding hydrogens is 298 g/mol. The number of hydrogen-bond acceptors (Lipinski definition) is 1. The van der Waals surface area contributed by atoms with Gasteiger partial charge >= 0.3 is 0 Å². The fourth-order valence-corrected chi connectivity index (χ4v) is 2.85. The van der Waals surface area contributed by atoms with E-state index in [0.29, 0.717) is 0 Å². The Balaban J connectivity index is 0. The molecule has 0 fully saturated rings. The van der Waals surface area contributed by atoms with Crippen molar-refractivity contribution in [1.82, 2.24) is 4.90 Å². The zero-order chi connectivity index (χ0) is 15.1. The smallest absolute Gasteiger partial charge is 0.133 e. The Morgan fingerprint density at radius 1 is 0.714 bits per heavy atom. The summed E-state index contributed by atoms with van der Waals surface area (Å²) < 4.78 is 0.784. The zero-order valence-electron chi connectivity index (χ0n) is 14.2. The molecule has 0 aromatic rings. The molecule has 4 heteroatoms. The molecule has 0 bridgehead atoms. The Labute approximate surface area is 143 Å². The standard InChI is InChI=1S/C17H35NS2.H2O/c1-3-5-7-9-11-13-15-18(17(19)20)16-14-12-10-8-6-4-2;/h3-16H2,1-2H3,(H,19,20);1H2. The van der Waals surface area contributed by atoms with Crippen LogP contribution >= 0.6 is 24.8 Å². The van der Waals surface area contributed by atoms with Crippen molar-refractivity contribution in [3.05, 3.63) is 0 Å². The van der Waals surface area contributed by atoms with Gasteiger partial charge in [0.25, 0.3) is 0 Å². The summed E-state index contributed by atoms with van der Waals surface area (Å²) in [4.78, 5) is 2.29. The second-order valence-corrected chi connectivity index (χ2v) is 6.92. The summed E-state index contributed by atoms with van der Waals surface area (Å²) >= 11 is 9.61. The van der Waals surface area contributed by atoms with Crippen molar-refractivity contribution in [1.29, 1.82) is 0 Å². The lowest BCUT2D eigenvalue weighted by Crippen LogP contribution is -2.28. The van der Waals surface area contributed by atoms with Gasteiger partial charge in [0.05, 0.1) is 0 Å². The molecule has 0 spiro atoms. The van der Waals surface area contributed by atoms with E-state index in [0.717, 1.165) is 17.4 Å². The van der Waals surface area contributed by atoms with Crippen LogP contribution in [0.3, 0.4) is 0 Å². The number of unbranched alkanes of at least 4 members (excludes halogenated alkanes) is 10. The van der Waals surface area contributed by atoms with Gasteiger partial charge in [0, 0.05) is 13.1 Å². The molecule has 0 saturated carbocycles. The maximum absolute atomic E-state index is 5.25. The monoisotopic (exact) mass is 335 g/mol. The van der Waals surface area contributed by atoms with Crippen molar-refractivity contribution in [2.45, 2.75) is 90.9 Å². The quantitative estimate of drug-likeness (QED) is 0.262. The summed E-state index contributed by atoms with van der Waals surface area (Å²) in [6, 6.07) is 0. The summed E-state index contributed by atoms with van der Waals surface area (Å²) in [7, 11) is 0. The van der Waals surface area contributed by atoms with Crippen LogP contribution in [0.25, 0.3) is 0 Å². The molecule has 2 nitrogen and oxygen atoms in total. The molecule has 0 aromatic carbocycles. The maximum atomic E-state index is 5.25. The molecule has 2 N–H and O–H groups in total. The first-order valence-electron chi connectivity index (χ1n) is 8.70. The number of rotatable bonds is 14. The van der Waals surface area contributed by atoms with Crippen molar-refractivity contribution in [2.24, 2.45) is 0 Å². The van der Waals surface area contributed by atoms with Gasteiger partial charge < -0.3 is 10.4 Å². The van der Waals surface area contributed by atoms with Gasteiger partial charge in [0.15, 0.2) is 0 Å². The van der Waals surface area contributed by atoms with Crippen LogP contribution in [-0.4, -0.2) is 27.8 Å². The van der Waals surface area contributed by atoms with E-state index in [4.69, 9.17) is 12.2 Å². The van der Waals surface area contributed by atoms with Gasteiger partial charge in [0.2, 0.25) is 0 Å². The first kappa shape index (κ1) is 23.5. The van der Waals surface area contributed by atoms with E-state index in [1.54, 1.807) is 0 Å². The molecule has 0 heterocycles. The topological polar surface area (TPSA) is 34.7 Å². The summed E-state index contributed by atoms with van der Waals surface area (Å²) in [6.45, 7) is 6.73. The van der Waals surface area contributed by atoms with Gasteiger partial charge in [-0.05, 0) is 12.8 Å². The summed E-state index contributed by atoms with van der Waals surface area (Å²) in [5.74, 6) is 0. The van der Waals surface area contributed by atoms with Gasteiger partial charge in [-0.2, -0.15) is 0 Å². The first-order valence-corrected chi connectivity index (χ1v) is 9.55. The third kappa shape index (κ3) is 16.4. The maximum Gasteiger partial charge on any atom is 0.133 e. The average Bonchev–Trinajstić information content (AvgIpc) is 2.43. The molecule has 0 unspecified atom stereocenters. The Morgan fingerprint density at radius 2 is 1.05 bits per heavy atom. The van der Waals surface area contributed by atoms with Crippen molar-refractivity contribution >= 4 is 29.2 Å².